The third-order valence-corrected chi connectivity index (χ3v) is 8.04. The lowest BCUT2D eigenvalue weighted by Gasteiger charge is -2.27. The summed E-state index contributed by atoms with van der Waals surface area (Å²) in [7, 11) is 0. The number of benzene rings is 2. The molecular formula is C32H35N9O4. The molecule has 1 amide bonds. The predicted octanol–water partition coefficient (Wildman–Crippen LogP) is 2.00. The Hall–Kier alpha value is -4.95. The van der Waals surface area contributed by atoms with Gasteiger partial charge >= 0.3 is 0 Å². The van der Waals surface area contributed by atoms with Crippen molar-refractivity contribution >= 4 is 28.7 Å². The summed E-state index contributed by atoms with van der Waals surface area (Å²) in [5, 5.41) is 25.7. The molecule has 0 radical (unpaired) electrons. The average molecular weight is 610 g/mol. The van der Waals surface area contributed by atoms with Gasteiger partial charge in [-0.1, -0.05) is 66.7 Å². The molecule has 13 heteroatoms. The fourth-order valence-electron chi connectivity index (χ4n) is 5.65. The van der Waals surface area contributed by atoms with Gasteiger partial charge in [0.2, 0.25) is 0 Å². The molecule has 0 saturated carbocycles. The lowest BCUT2D eigenvalue weighted by molar-refractivity contribution is -0.149. The Bertz CT molecular complexity index is 1730. The predicted molar refractivity (Wildman–Crippen MR) is 167 cm³/mol. The number of rotatable bonds is 10. The quantitative estimate of drug-likeness (QED) is 0.146. The number of likely N-dealkylation sites (N-methyl/N-ethyl adjacent to an activating group) is 1. The Morgan fingerprint density at radius 1 is 1.04 bits per heavy atom. The number of carbonyl (C=O) groups is 1. The van der Waals surface area contributed by atoms with Gasteiger partial charge < -0.3 is 30.9 Å². The number of fused-ring (bicyclic) bond motifs is 1. The SMILES string of the molecule is CCN(Cc1cccc(N)n1)C(=O)[C@H]1O[C@@H](n2cnc3c(NCC(c4ccccc4)c4ccccc4)ncnc32)[C@](N)(O)[C@@H]1O. The highest BCUT2D eigenvalue weighted by molar-refractivity contribution is 5.84. The highest BCUT2D eigenvalue weighted by Gasteiger charge is 2.57. The molecule has 3 aromatic heterocycles. The first kappa shape index (κ1) is 30.1. The Kier molecular flexibility index (Phi) is 8.41. The van der Waals surface area contributed by atoms with Gasteiger partial charge in [-0.05, 0) is 30.2 Å². The van der Waals surface area contributed by atoms with Gasteiger partial charge in [0.05, 0.1) is 18.6 Å². The molecule has 1 fully saturated rings. The zero-order valence-electron chi connectivity index (χ0n) is 24.6. The third kappa shape index (κ3) is 5.93. The number of hydrogen-bond acceptors (Lipinski definition) is 11. The van der Waals surface area contributed by atoms with Crippen LogP contribution >= 0.6 is 0 Å². The molecule has 232 valence electrons. The molecule has 4 heterocycles. The maximum atomic E-state index is 13.5. The molecule has 4 atom stereocenters. The van der Waals surface area contributed by atoms with Crippen molar-refractivity contribution in [2.45, 2.75) is 43.5 Å². The average Bonchev–Trinajstić information content (AvgIpc) is 3.58. The number of imidazole rings is 1. The summed E-state index contributed by atoms with van der Waals surface area (Å²) in [5.41, 5.74) is 13.2. The largest absolute Gasteiger partial charge is 0.385 e. The number of nitrogen functional groups attached to an aromatic ring is 1. The second-order valence-corrected chi connectivity index (χ2v) is 10.9. The number of hydrogen-bond donors (Lipinski definition) is 5. The lowest BCUT2D eigenvalue weighted by Crippen LogP contribution is -2.56. The Morgan fingerprint density at radius 3 is 2.38 bits per heavy atom. The van der Waals surface area contributed by atoms with E-state index in [2.05, 4.69) is 49.5 Å². The zero-order chi connectivity index (χ0) is 31.6. The Labute approximate surface area is 259 Å². The van der Waals surface area contributed by atoms with Gasteiger partial charge in [0, 0.05) is 19.0 Å². The molecule has 6 rings (SSSR count). The number of amides is 1. The van der Waals surface area contributed by atoms with E-state index < -0.39 is 30.1 Å². The zero-order valence-corrected chi connectivity index (χ0v) is 24.6. The fourth-order valence-corrected chi connectivity index (χ4v) is 5.65. The van der Waals surface area contributed by atoms with Gasteiger partial charge in [-0.3, -0.25) is 15.1 Å². The first-order chi connectivity index (χ1) is 21.8. The van der Waals surface area contributed by atoms with Crippen LogP contribution in [-0.2, 0) is 16.1 Å². The van der Waals surface area contributed by atoms with Crippen molar-refractivity contribution in [1.29, 1.82) is 0 Å². The van der Waals surface area contributed by atoms with Crippen LogP contribution < -0.4 is 16.8 Å². The number of anilines is 2. The van der Waals surface area contributed by atoms with Crippen molar-refractivity contribution in [3.05, 3.63) is 108 Å². The van der Waals surface area contributed by atoms with Crippen LogP contribution in [-0.4, -0.2) is 76.5 Å². The second kappa shape index (κ2) is 12.6. The smallest absolute Gasteiger partial charge is 0.255 e. The van der Waals surface area contributed by atoms with Gasteiger partial charge in [0.15, 0.2) is 35.0 Å². The normalized spacial score (nSPS) is 21.3. The van der Waals surface area contributed by atoms with Crippen molar-refractivity contribution in [2.24, 2.45) is 5.73 Å². The molecule has 1 aliphatic rings. The van der Waals surface area contributed by atoms with E-state index in [0.717, 1.165) is 11.1 Å². The number of nitrogens with two attached hydrogens (primary N) is 2. The minimum absolute atomic E-state index is 0.0257. The molecule has 0 bridgehead atoms. The first-order valence-electron chi connectivity index (χ1n) is 14.6. The molecule has 45 heavy (non-hydrogen) atoms. The minimum atomic E-state index is -2.34. The van der Waals surface area contributed by atoms with E-state index in [1.165, 1.54) is 22.1 Å². The van der Waals surface area contributed by atoms with Gasteiger partial charge in [0.25, 0.3) is 5.91 Å². The highest BCUT2D eigenvalue weighted by atomic mass is 16.6. The number of nitrogens with zero attached hydrogens (tertiary/aromatic N) is 6. The Balaban J connectivity index is 1.24. The van der Waals surface area contributed by atoms with E-state index in [9.17, 15) is 15.0 Å². The molecule has 2 aromatic carbocycles. The minimum Gasteiger partial charge on any atom is -0.385 e. The topological polar surface area (TPSA) is 191 Å². The first-order valence-corrected chi connectivity index (χ1v) is 14.6. The van der Waals surface area contributed by atoms with Crippen LogP contribution in [0, 0.1) is 0 Å². The summed E-state index contributed by atoms with van der Waals surface area (Å²) in [4.78, 5) is 32.5. The van der Waals surface area contributed by atoms with Crippen molar-refractivity contribution in [2.75, 3.05) is 24.1 Å². The standard InChI is InChI=1S/C32H35N9O4/c1-2-40(17-22-14-9-15-24(33)39-22)30(43)26-27(42)32(34,44)31(45-26)41-19-38-25-28(36-18-37-29(25)41)35-16-23(20-10-5-3-6-11-20)21-12-7-4-8-13-21/h3-15,18-19,23,26-27,31,42,44H,2,16-17,34H2,1H3,(H2,33,39)(H,35,36,37)/t26-,27+,31+,32+/m0/s1. The van der Waals surface area contributed by atoms with E-state index in [-0.39, 0.29) is 12.5 Å². The van der Waals surface area contributed by atoms with Crippen LogP contribution in [0.1, 0.15) is 35.9 Å². The fraction of sp³-hybridized carbons (Fsp3) is 0.281. The number of carbonyl (C=O) groups excluding carboxylic acids is 1. The number of aromatic nitrogens is 5. The summed E-state index contributed by atoms with van der Waals surface area (Å²) in [5.74, 6) is 0.254. The van der Waals surface area contributed by atoms with Crippen LogP contribution in [0.3, 0.4) is 0 Å². The number of aliphatic hydroxyl groups is 2. The van der Waals surface area contributed by atoms with E-state index >= 15 is 0 Å². The number of ether oxygens (including phenoxy) is 1. The van der Waals surface area contributed by atoms with E-state index in [1.54, 1.807) is 25.1 Å². The van der Waals surface area contributed by atoms with Crippen LogP contribution in [0.5, 0.6) is 0 Å². The van der Waals surface area contributed by atoms with Crippen molar-refractivity contribution in [1.82, 2.24) is 29.4 Å². The monoisotopic (exact) mass is 609 g/mol. The molecule has 0 aliphatic carbocycles. The van der Waals surface area contributed by atoms with Crippen LogP contribution in [0.15, 0.2) is 91.5 Å². The maximum absolute atomic E-state index is 13.5. The van der Waals surface area contributed by atoms with Crippen LogP contribution in [0.25, 0.3) is 11.2 Å². The van der Waals surface area contributed by atoms with Crippen LogP contribution in [0.4, 0.5) is 11.6 Å². The summed E-state index contributed by atoms with van der Waals surface area (Å²) in [6, 6.07) is 25.4. The Morgan fingerprint density at radius 2 is 1.73 bits per heavy atom. The maximum Gasteiger partial charge on any atom is 0.255 e. The molecular weight excluding hydrogens is 574 g/mol. The summed E-state index contributed by atoms with van der Waals surface area (Å²) in [6.45, 7) is 2.72. The number of aliphatic hydroxyl groups excluding tert-OH is 1. The summed E-state index contributed by atoms with van der Waals surface area (Å²) in [6.07, 6.45) is -1.82. The van der Waals surface area contributed by atoms with Crippen molar-refractivity contribution in [3.8, 4) is 0 Å². The van der Waals surface area contributed by atoms with Gasteiger partial charge in [-0.15, -0.1) is 0 Å². The molecule has 7 N–H and O–H groups in total. The molecule has 1 aliphatic heterocycles. The lowest BCUT2D eigenvalue weighted by atomic mass is 9.91. The molecule has 13 nitrogen and oxygen atoms in total. The number of nitrogens with one attached hydrogen (secondary N) is 1. The van der Waals surface area contributed by atoms with Crippen molar-refractivity contribution in [3.63, 3.8) is 0 Å². The summed E-state index contributed by atoms with van der Waals surface area (Å²) < 4.78 is 7.39. The van der Waals surface area contributed by atoms with E-state index in [1.807, 2.05) is 36.4 Å². The van der Waals surface area contributed by atoms with Crippen molar-refractivity contribution < 1.29 is 19.7 Å². The van der Waals surface area contributed by atoms with Crippen LogP contribution in [0.2, 0.25) is 0 Å². The molecule has 5 aromatic rings. The number of pyridine rings is 1. The third-order valence-electron chi connectivity index (χ3n) is 8.04. The van der Waals surface area contributed by atoms with Gasteiger partial charge in [-0.25, -0.2) is 19.9 Å². The van der Waals surface area contributed by atoms with E-state index in [4.69, 9.17) is 16.2 Å². The molecule has 0 unspecified atom stereocenters. The van der Waals surface area contributed by atoms with E-state index in [0.29, 0.717) is 41.6 Å². The van der Waals surface area contributed by atoms with Gasteiger partial charge in [-0.2, -0.15) is 0 Å². The summed E-state index contributed by atoms with van der Waals surface area (Å²) >= 11 is 0. The van der Waals surface area contributed by atoms with Gasteiger partial charge in [0.1, 0.15) is 18.2 Å². The molecule has 0 spiro atoms. The molecule has 1 saturated heterocycles. The second-order valence-electron chi connectivity index (χ2n) is 10.9. The highest BCUT2D eigenvalue weighted by Crippen LogP contribution is 2.38.